The molecule has 3 aromatic carbocycles. The van der Waals surface area contributed by atoms with Gasteiger partial charge in [-0.05, 0) is 41.8 Å². The lowest BCUT2D eigenvalue weighted by Gasteiger charge is -2.19. The van der Waals surface area contributed by atoms with E-state index in [1.54, 1.807) is 19.1 Å². The predicted octanol–water partition coefficient (Wildman–Crippen LogP) is 4.94. The Kier molecular flexibility index (Phi) is 4.53. The van der Waals surface area contributed by atoms with Gasteiger partial charge >= 0.3 is 6.03 Å². The first-order valence-electron chi connectivity index (χ1n) is 10.2. The lowest BCUT2D eigenvalue weighted by Crippen LogP contribution is -2.40. The number of fused-ring (bicyclic) bond motifs is 1. The summed E-state index contributed by atoms with van der Waals surface area (Å²) in [5, 5.41) is 13.0. The van der Waals surface area contributed by atoms with E-state index in [2.05, 4.69) is 11.4 Å². The van der Waals surface area contributed by atoms with Crippen LogP contribution in [0.2, 0.25) is 0 Å². The molecule has 1 fully saturated rings. The van der Waals surface area contributed by atoms with Gasteiger partial charge in [-0.25, -0.2) is 4.79 Å². The van der Waals surface area contributed by atoms with E-state index in [4.69, 9.17) is 4.42 Å². The summed E-state index contributed by atoms with van der Waals surface area (Å²) in [6.07, 6.45) is 0. The zero-order chi connectivity index (χ0) is 22.3. The number of benzene rings is 3. The number of urea groups is 1. The molecular formula is C26H19N3O3. The summed E-state index contributed by atoms with van der Waals surface area (Å²) in [6, 6.07) is 25.9. The largest absolute Gasteiger partial charge is 0.458 e. The highest BCUT2D eigenvalue weighted by molar-refractivity contribution is 6.07. The van der Waals surface area contributed by atoms with Crippen LogP contribution in [0, 0.1) is 11.3 Å². The van der Waals surface area contributed by atoms with Gasteiger partial charge in [0.05, 0.1) is 18.2 Å². The fourth-order valence-electron chi connectivity index (χ4n) is 4.04. The molecule has 1 aliphatic heterocycles. The zero-order valence-electron chi connectivity index (χ0n) is 17.3. The summed E-state index contributed by atoms with van der Waals surface area (Å²) < 4.78 is 5.87. The van der Waals surface area contributed by atoms with Crippen molar-refractivity contribution in [3.63, 3.8) is 0 Å². The van der Waals surface area contributed by atoms with E-state index in [0.29, 0.717) is 16.9 Å². The molecule has 0 spiro atoms. The lowest BCUT2D eigenvalue weighted by molar-refractivity contribution is -0.132. The highest BCUT2D eigenvalue weighted by Gasteiger charge is 2.51. The van der Waals surface area contributed by atoms with Crippen LogP contribution in [0.5, 0.6) is 0 Å². The summed E-state index contributed by atoms with van der Waals surface area (Å²) in [7, 11) is 0. The zero-order valence-corrected chi connectivity index (χ0v) is 17.3. The van der Waals surface area contributed by atoms with Crippen molar-refractivity contribution in [2.24, 2.45) is 0 Å². The normalized spacial score (nSPS) is 18.1. The molecule has 0 unspecified atom stereocenters. The molecule has 1 N–H and O–H groups in total. The number of imide groups is 1. The SMILES string of the molecule is C[C@@]1(c2cc3ccccc3o2)NC(=O)N(Cc2ccc(-c3ccccc3C#N)cc2)C1=O. The molecule has 0 saturated carbocycles. The number of furan rings is 1. The van der Waals surface area contributed by atoms with Crippen molar-refractivity contribution in [1.82, 2.24) is 10.2 Å². The minimum absolute atomic E-state index is 0.140. The lowest BCUT2D eigenvalue weighted by atomic mass is 9.98. The molecule has 32 heavy (non-hydrogen) atoms. The summed E-state index contributed by atoms with van der Waals surface area (Å²) >= 11 is 0. The number of nitrogens with zero attached hydrogens (tertiary/aromatic N) is 2. The van der Waals surface area contributed by atoms with Crippen molar-refractivity contribution in [2.75, 3.05) is 0 Å². The number of carbonyl (C=O) groups excluding carboxylic acids is 2. The minimum atomic E-state index is -1.26. The van der Waals surface area contributed by atoms with Crippen molar-refractivity contribution >= 4 is 22.9 Å². The molecule has 0 radical (unpaired) electrons. The van der Waals surface area contributed by atoms with Gasteiger partial charge < -0.3 is 9.73 Å². The summed E-state index contributed by atoms with van der Waals surface area (Å²) in [5.74, 6) is 0.0449. The number of para-hydroxylation sites is 1. The molecule has 0 aliphatic carbocycles. The topological polar surface area (TPSA) is 86.3 Å². The van der Waals surface area contributed by atoms with Crippen molar-refractivity contribution in [3.8, 4) is 17.2 Å². The predicted molar refractivity (Wildman–Crippen MR) is 119 cm³/mol. The molecule has 6 heteroatoms. The highest BCUT2D eigenvalue weighted by atomic mass is 16.3. The van der Waals surface area contributed by atoms with Crippen molar-refractivity contribution < 1.29 is 14.0 Å². The maximum atomic E-state index is 13.2. The van der Waals surface area contributed by atoms with Crippen LogP contribution in [0.1, 0.15) is 23.8 Å². The maximum absolute atomic E-state index is 13.2. The number of hydrogen-bond acceptors (Lipinski definition) is 4. The molecule has 4 aromatic rings. The Bertz CT molecular complexity index is 1360. The Hall–Kier alpha value is -4.37. The molecule has 3 amide bonds. The number of amides is 3. The Balaban J connectivity index is 1.39. The number of nitrogens with one attached hydrogen (secondary N) is 1. The van der Waals surface area contributed by atoms with Crippen LogP contribution in [-0.4, -0.2) is 16.8 Å². The van der Waals surface area contributed by atoms with E-state index in [1.165, 1.54) is 4.90 Å². The van der Waals surface area contributed by atoms with E-state index in [1.807, 2.05) is 66.7 Å². The Morgan fingerprint density at radius 2 is 1.72 bits per heavy atom. The van der Waals surface area contributed by atoms with Crippen molar-refractivity contribution in [2.45, 2.75) is 19.0 Å². The van der Waals surface area contributed by atoms with E-state index in [0.717, 1.165) is 22.1 Å². The van der Waals surface area contributed by atoms with Crippen LogP contribution in [0.25, 0.3) is 22.1 Å². The summed E-state index contributed by atoms with van der Waals surface area (Å²) in [6.45, 7) is 1.80. The van der Waals surface area contributed by atoms with Crippen LogP contribution in [0.3, 0.4) is 0 Å². The van der Waals surface area contributed by atoms with Gasteiger partial charge in [-0.2, -0.15) is 5.26 Å². The Labute approximate surface area is 184 Å². The molecule has 0 bridgehead atoms. The van der Waals surface area contributed by atoms with Gasteiger partial charge in [0.1, 0.15) is 11.3 Å². The molecule has 1 atom stereocenters. The second-order valence-corrected chi connectivity index (χ2v) is 7.95. The van der Waals surface area contributed by atoms with Gasteiger partial charge in [0.2, 0.25) is 0 Å². The number of rotatable bonds is 4. The smallest absolute Gasteiger partial charge is 0.325 e. The third-order valence-corrected chi connectivity index (χ3v) is 5.85. The van der Waals surface area contributed by atoms with Crippen molar-refractivity contribution in [1.29, 1.82) is 5.26 Å². The minimum Gasteiger partial charge on any atom is -0.458 e. The van der Waals surface area contributed by atoms with Gasteiger partial charge in [-0.1, -0.05) is 60.7 Å². The van der Waals surface area contributed by atoms with Crippen LogP contribution in [0.15, 0.2) is 83.3 Å². The van der Waals surface area contributed by atoms with Gasteiger partial charge in [-0.3, -0.25) is 9.69 Å². The van der Waals surface area contributed by atoms with Gasteiger partial charge in [0.25, 0.3) is 5.91 Å². The molecular weight excluding hydrogens is 402 g/mol. The Morgan fingerprint density at radius 1 is 1.00 bits per heavy atom. The second kappa shape index (κ2) is 7.40. The molecule has 1 saturated heterocycles. The molecule has 1 aliphatic rings. The van der Waals surface area contributed by atoms with Crippen LogP contribution in [0.4, 0.5) is 4.79 Å². The molecule has 5 rings (SSSR count). The third-order valence-electron chi connectivity index (χ3n) is 5.85. The molecule has 156 valence electrons. The number of hydrogen-bond donors (Lipinski definition) is 1. The number of carbonyl (C=O) groups is 2. The standard InChI is InChI=1S/C26H19N3O3/c1-26(23-14-19-6-3-5-9-22(19)32-23)24(30)29(25(31)28-26)16-17-10-12-18(13-11-17)21-8-4-2-7-20(21)15-27/h2-14H,16H2,1H3,(H,28,31)/t26-/m0/s1. The van der Waals surface area contributed by atoms with Gasteiger partial charge in [0, 0.05) is 5.39 Å². The van der Waals surface area contributed by atoms with Crippen LogP contribution in [-0.2, 0) is 16.9 Å². The number of nitriles is 1. The quantitative estimate of drug-likeness (QED) is 0.473. The fourth-order valence-corrected chi connectivity index (χ4v) is 4.04. The first-order valence-corrected chi connectivity index (χ1v) is 10.2. The van der Waals surface area contributed by atoms with E-state index >= 15 is 0 Å². The van der Waals surface area contributed by atoms with Gasteiger partial charge in [-0.15, -0.1) is 0 Å². The van der Waals surface area contributed by atoms with E-state index in [-0.39, 0.29) is 12.5 Å². The third kappa shape index (κ3) is 3.12. The molecule has 2 heterocycles. The fraction of sp³-hybridized carbons (Fsp3) is 0.115. The first-order chi connectivity index (χ1) is 15.5. The van der Waals surface area contributed by atoms with Crippen LogP contribution < -0.4 is 5.32 Å². The Morgan fingerprint density at radius 3 is 2.47 bits per heavy atom. The monoisotopic (exact) mass is 421 g/mol. The maximum Gasteiger partial charge on any atom is 0.325 e. The molecule has 6 nitrogen and oxygen atoms in total. The second-order valence-electron chi connectivity index (χ2n) is 7.95. The highest BCUT2D eigenvalue weighted by Crippen LogP contribution is 2.34. The van der Waals surface area contributed by atoms with Gasteiger partial charge in [0.15, 0.2) is 5.54 Å². The molecule has 1 aromatic heterocycles. The van der Waals surface area contributed by atoms with Crippen molar-refractivity contribution in [3.05, 3.63) is 95.7 Å². The van der Waals surface area contributed by atoms with Crippen LogP contribution >= 0.6 is 0 Å². The van der Waals surface area contributed by atoms with E-state index in [9.17, 15) is 14.9 Å². The summed E-state index contributed by atoms with van der Waals surface area (Å²) in [4.78, 5) is 27.1. The first kappa shape index (κ1) is 19.6. The van der Waals surface area contributed by atoms with E-state index < -0.39 is 11.6 Å². The average Bonchev–Trinajstić information content (AvgIpc) is 3.35. The average molecular weight is 421 g/mol. The summed E-state index contributed by atoms with van der Waals surface area (Å²) in [5.41, 5.74) is 2.54.